The highest BCUT2D eigenvalue weighted by atomic mass is 35.5. The van der Waals surface area contributed by atoms with Crippen molar-refractivity contribution in [2.75, 3.05) is 6.54 Å². The van der Waals surface area contributed by atoms with Crippen LogP contribution >= 0.6 is 22.9 Å². The van der Waals surface area contributed by atoms with E-state index >= 15 is 0 Å². The molecule has 1 aromatic heterocycles. The maximum absolute atomic E-state index is 12.3. The van der Waals surface area contributed by atoms with Crippen molar-refractivity contribution in [3.63, 3.8) is 0 Å². The predicted molar refractivity (Wildman–Crippen MR) is 91.9 cm³/mol. The van der Waals surface area contributed by atoms with Crippen LogP contribution in [-0.2, 0) is 11.2 Å². The Morgan fingerprint density at radius 3 is 2.79 bits per heavy atom. The second-order valence-corrected chi connectivity index (χ2v) is 6.89. The topological polar surface area (TPSA) is 88.5 Å². The van der Waals surface area contributed by atoms with E-state index in [1.165, 1.54) is 16.7 Å². The Balaban J connectivity index is 1.87. The molecule has 0 atom stereocenters. The summed E-state index contributed by atoms with van der Waals surface area (Å²) in [5.41, 5.74) is -1.05. The average Bonchev–Trinajstić information content (AvgIpc) is 2.95. The molecule has 0 radical (unpaired) electrons. The van der Waals surface area contributed by atoms with Crippen LogP contribution in [0.3, 0.4) is 0 Å². The van der Waals surface area contributed by atoms with Crippen LogP contribution in [0, 0.1) is 0 Å². The summed E-state index contributed by atoms with van der Waals surface area (Å²) in [6, 6.07) is 6.83. The Kier molecular flexibility index (Phi) is 5.80. The van der Waals surface area contributed by atoms with Gasteiger partial charge in [0.15, 0.2) is 11.3 Å². The van der Waals surface area contributed by atoms with Gasteiger partial charge in [-0.3, -0.25) is 4.79 Å². The van der Waals surface area contributed by atoms with Gasteiger partial charge in [-0.25, -0.2) is 9.78 Å². The minimum atomic E-state index is -1.07. The molecule has 0 saturated carbocycles. The lowest BCUT2D eigenvalue weighted by atomic mass is 10.1. The number of nitrogens with one attached hydrogen (secondary N) is 1. The molecular weight excluding hydrogens is 352 g/mol. The van der Waals surface area contributed by atoms with E-state index in [2.05, 4.69) is 10.3 Å². The number of hydrogen-bond acceptors (Lipinski definition) is 5. The number of carboxylic acids is 1. The molecule has 0 unspecified atom stereocenters. The van der Waals surface area contributed by atoms with E-state index in [9.17, 15) is 9.59 Å². The molecule has 24 heavy (non-hydrogen) atoms. The van der Waals surface area contributed by atoms with Crippen LogP contribution in [-0.4, -0.2) is 34.1 Å². The lowest BCUT2D eigenvalue weighted by Gasteiger charge is -2.25. The quantitative estimate of drug-likeness (QED) is 0.784. The number of carbonyl (C=O) groups is 2. The minimum Gasteiger partial charge on any atom is -0.478 e. The molecule has 1 heterocycles. The first-order valence-corrected chi connectivity index (χ1v) is 8.44. The van der Waals surface area contributed by atoms with Gasteiger partial charge in [0.2, 0.25) is 0 Å². The zero-order valence-electron chi connectivity index (χ0n) is 13.2. The molecule has 1 amide bonds. The Morgan fingerprint density at radius 1 is 1.42 bits per heavy atom. The monoisotopic (exact) mass is 368 g/mol. The molecule has 1 aromatic carbocycles. The van der Waals surface area contributed by atoms with Gasteiger partial charge in [0.05, 0.1) is 5.01 Å². The van der Waals surface area contributed by atoms with Crippen LogP contribution < -0.4 is 10.1 Å². The number of nitrogens with zero attached hydrogens (tertiary/aromatic N) is 1. The van der Waals surface area contributed by atoms with Gasteiger partial charge in [-0.05, 0) is 32.0 Å². The van der Waals surface area contributed by atoms with E-state index in [1.807, 2.05) is 0 Å². The lowest BCUT2D eigenvalue weighted by molar-refractivity contribution is -0.134. The van der Waals surface area contributed by atoms with Crippen LogP contribution in [0.25, 0.3) is 0 Å². The van der Waals surface area contributed by atoms with Crippen molar-refractivity contribution in [3.8, 4) is 5.75 Å². The summed E-state index contributed by atoms with van der Waals surface area (Å²) in [7, 11) is 0. The van der Waals surface area contributed by atoms with Gasteiger partial charge >= 0.3 is 5.97 Å². The molecule has 0 aliphatic heterocycles. The van der Waals surface area contributed by atoms with E-state index in [1.54, 1.807) is 38.1 Å². The van der Waals surface area contributed by atoms with Crippen molar-refractivity contribution < 1.29 is 19.4 Å². The van der Waals surface area contributed by atoms with E-state index < -0.39 is 11.6 Å². The summed E-state index contributed by atoms with van der Waals surface area (Å²) < 4.78 is 5.70. The molecule has 2 N–H and O–H groups in total. The number of carboxylic acid groups (broad SMARTS) is 1. The zero-order valence-corrected chi connectivity index (χ0v) is 14.8. The Morgan fingerprint density at radius 2 is 2.17 bits per heavy atom. The third-order valence-corrected chi connectivity index (χ3v) is 4.25. The maximum atomic E-state index is 12.3. The number of rotatable bonds is 7. The summed E-state index contributed by atoms with van der Waals surface area (Å²) in [5.74, 6) is -0.830. The third-order valence-electron chi connectivity index (χ3n) is 3.11. The number of aromatic nitrogens is 1. The highest BCUT2D eigenvalue weighted by molar-refractivity contribution is 7.09. The van der Waals surface area contributed by atoms with Crippen LogP contribution in [0.4, 0.5) is 0 Å². The maximum Gasteiger partial charge on any atom is 0.355 e. The molecule has 2 aromatic rings. The molecular formula is C16H17ClN2O4S. The average molecular weight is 369 g/mol. The summed E-state index contributed by atoms with van der Waals surface area (Å²) in [6.07, 6.45) is 0.455. The number of carbonyl (C=O) groups excluding carboxylic acids is 1. The van der Waals surface area contributed by atoms with E-state index in [0.717, 1.165) is 0 Å². The van der Waals surface area contributed by atoms with Crippen molar-refractivity contribution >= 4 is 34.8 Å². The Bertz CT molecular complexity index is 745. The molecule has 2 rings (SSSR count). The predicted octanol–water partition coefficient (Wildman–Crippen LogP) is 3.01. The molecule has 0 fully saturated rings. The summed E-state index contributed by atoms with van der Waals surface area (Å²) in [5, 5.41) is 14.3. The second-order valence-electron chi connectivity index (χ2n) is 5.51. The highest BCUT2D eigenvalue weighted by Crippen LogP contribution is 2.22. The largest absolute Gasteiger partial charge is 0.478 e. The molecule has 0 aliphatic carbocycles. The third kappa shape index (κ3) is 4.94. The van der Waals surface area contributed by atoms with Gasteiger partial charge in [0.1, 0.15) is 5.75 Å². The van der Waals surface area contributed by atoms with Gasteiger partial charge in [0, 0.05) is 23.4 Å². The van der Waals surface area contributed by atoms with Crippen molar-refractivity contribution in [3.05, 3.63) is 45.4 Å². The molecule has 8 heteroatoms. The number of hydrogen-bond donors (Lipinski definition) is 2. The number of benzene rings is 1. The van der Waals surface area contributed by atoms with Crippen LogP contribution in [0.5, 0.6) is 5.75 Å². The van der Waals surface area contributed by atoms with E-state index in [-0.39, 0.29) is 11.6 Å². The highest BCUT2D eigenvalue weighted by Gasteiger charge is 2.29. The molecule has 128 valence electrons. The fourth-order valence-corrected chi connectivity index (χ4v) is 2.84. The van der Waals surface area contributed by atoms with Crippen LogP contribution in [0.2, 0.25) is 5.02 Å². The van der Waals surface area contributed by atoms with E-state index in [4.69, 9.17) is 21.4 Å². The first-order valence-electron chi connectivity index (χ1n) is 7.18. The zero-order chi connectivity index (χ0) is 17.7. The first kappa shape index (κ1) is 18.2. The number of ether oxygens (including phenoxy) is 1. The molecule has 6 nitrogen and oxygen atoms in total. The minimum absolute atomic E-state index is 0.0194. The summed E-state index contributed by atoms with van der Waals surface area (Å²) in [6.45, 7) is 3.66. The Labute approximate surface area is 148 Å². The SMILES string of the molecule is CC(C)(Oc1cccc(Cl)c1)C(=O)NCCc1nc(C(=O)O)cs1. The number of halogens is 1. The van der Waals surface area contributed by atoms with Crippen molar-refractivity contribution in [1.82, 2.24) is 10.3 Å². The van der Waals surface area contributed by atoms with E-state index in [0.29, 0.717) is 28.7 Å². The lowest BCUT2D eigenvalue weighted by Crippen LogP contribution is -2.47. The van der Waals surface area contributed by atoms with Gasteiger partial charge < -0.3 is 15.2 Å². The fraction of sp³-hybridized carbons (Fsp3) is 0.312. The summed E-state index contributed by atoms with van der Waals surface area (Å²) >= 11 is 7.15. The molecule has 0 saturated heterocycles. The van der Waals surface area contributed by atoms with Crippen molar-refractivity contribution in [2.45, 2.75) is 25.9 Å². The van der Waals surface area contributed by atoms with Crippen LogP contribution in [0.1, 0.15) is 29.3 Å². The smallest absolute Gasteiger partial charge is 0.355 e. The normalized spacial score (nSPS) is 11.1. The van der Waals surface area contributed by atoms with Gasteiger partial charge in [0.25, 0.3) is 5.91 Å². The molecule has 0 spiro atoms. The Hall–Kier alpha value is -2.12. The first-order chi connectivity index (χ1) is 11.3. The van der Waals surface area contributed by atoms with Gasteiger partial charge in [-0.2, -0.15) is 0 Å². The summed E-state index contributed by atoms with van der Waals surface area (Å²) in [4.78, 5) is 27.0. The number of amides is 1. The second kappa shape index (κ2) is 7.63. The number of thiazole rings is 1. The van der Waals surface area contributed by atoms with Gasteiger partial charge in [-0.1, -0.05) is 17.7 Å². The van der Waals surface area contributed by atoms with Crippen molar-refractivity contribution in [1.29, 1.82) is 0 Å². The molecule has 0 bridgehead atoms. The molecule has 0 aliphatic rings. The standard InChI is InChI=1S/C16H17ClN2O4S/c1-16(2,23-11-5-3-4-10(17)8-11)15(22)18-7-6-13-19-12(9-24-13)14(20)21/h3-5,8-9H,6-7H2,1-2H3,(H,18,22)(H,20,21). The number of aromatic carboxylic acids is 1. The van der Waals surface area contributed by atoms with Crippen molar-refractivity contribution in [2.24, 2.45) is 0 Å². The van der Waals surface area contributed by atoms with Gasteiger partial charge in [-0.15, -0.1) is 11.3 Å². The fourth-order valence-electron chi connectivity index (χ4n) is 1.89. The van der Waals surface area contributed by atoms with Crippen LogP contribution in [0.15, 0.2) is 29.6 Å².